The third-order valence-corrected chi connectivity index (χ3v) is 5.69. The number of halogens is 1. The normalized spacial score (nSPS) is 20.0. The highest BCUT2D eigenvalue weighted by molar-refractivity contribution is 5.90. The molecule has 5 heteroatoms. The molecule has 1 aliphatic rings. The molecule has 0 aliphatic heterocycles. The number of nitrogens with zero attached hydrogens (tertiary/aromatic N) is 1. The average molecular weight is 430 g/mol. The van der Waals surface area contributed by atoms with Crippen LogP contribution in [-0.2, 0) is 4.74 Å². The fourth-order valence-corrected chi connectivity index (χ4v) is 4.31. The van der Waals surface area contributed by atoms with Gasteiger partial charge in [0.25, 0.3) is 0 Å². The Morgan fingerprint density at radius 3 is 2.60 bits per heavy atom. The molecule has 1 saturated carbocycles. The van der Waals surface area contributed by atoms with E-state index in [2.05, 4.69) is 43.3 Å². The Bertz CT molecular complexity index is 878. The minimum atomic E-state index is -0.297. The van der Waals surface area contributed by atoms with Gasteiger partial charge in [-0.1, -0.05) is 35.9 Å². The van der Waals surface area contributed by atoms with Crippen molar-refractivity contribution in [2.24, 2.45) is 5.92 Å². The van der Waals surface area contributed by atoms with Crippen molar-refractivity contribution in [3.63, 3.8) is 0 Å². The van der Waals surface area contributed by atoms with Gasteiger partial charge in [0.2, 0.25) is 0 Å². The van der Waals surface area contributed by atoms with E-state index < -0.39 is 0 Å². The van der Waals surface area contributed by atoms with Gasteiger partial charge >= 0.3 is 5.97 Å². The molecule has 30 heavy (non-hydrogen) atoms. The molecular formula is C25H32ClNO3. The molecule has 3 rings (SSSR count). The Morgan fingerprint density at radius 1 is 1.13 bits per heavy atom. The van der Waals surface area contributed by atoms with Crippen LogP contribution in [0.5, 0.6) is 5.75 Å². The molecular weight excluding hydrogens is 398 g/mol. The molecule has 0 saturated heterocycles. The Morgan fingerprint density at radius 2 is 1.90 bits per heavy atom. The van der Waals surface area contributed by atoms with Crippen molar-refractivity contribution < 1.29 is 14.3 Å². The van der Waals surface area contributed by atoms with E-state index in [1.54, 1.807) is 13.2 Å². The van der Waals surface area contributed by atoms with Gasteiger partial charge in [-0.3, -0.25) is 0 Å². The third kappa shape index (κ3) is 6.10. The maximum Gasteiger partial charge on any atom is 0.337 e. The van der Waals surface area contributed by atoms with Gasteiger partial charge in [-0.05, 0) is 80.6 Å². The first kappa shape index (κ1) is 24.0. The smallest absolute Gasteiger partial charge is 0.337 e. The van der Waals surface area contributed by atoms with Gasteiger partial charge in [0.15, 0.2) is 0 Å². The molecule has 0 spiro atoms. The van der Waals surface area contributed by atoms with E-state index in [0.717, 1.165) is 37.1 Å². The molecule has 0 radical (unpaired) electrons. The van der Waals surface area contributed by atoms with E-state index in [-0.39, 0.29) is 18.4 Å². The van der Waals surface area contributed by atoms with Crippen LogP contribution < -0.4 is 4.74 Å². The first-order valence-corrected chi connectivity index (χ1v) is 10.2. The number of esters is 1. The van der Waals surface area contributed by atoms with Gasteiger partial charge in [-0.25, -0.2) is 4.79 Å². The quantitative estimate of drug-likeness (QED) is 0.573. The summed E-state index contributed by atoms with van der Waals surface area (Å²) in [7, 11) is 7.42. The molecule has 0 amide bonds. The van der Waals surface area contributed by atoms with Crippen molar-refractivity contribution in [3.8, 4) is 5.75 Å². The van der Waals surface area contributed by atoms with Gasteiger partial charge in [0, 0.05) is 6.54 Å². The molecule has 4 nitrogen and oxygen atoms in total. The van der Waals surface area contributed by atoms with Crippen LogP contribution >= 0.6 is 12.4 Å². The predicted octanol–water partition coefficient (Wildman–Crippen LogP) is 5.43. The molecule has 2 atom stereocenters. The molecule has 0 bridgehead atoms. The van der Waals surface area contributed by atoms with Crippen LogP contribution in [0.15, 0.2) is 54.1 Å². The summed E-state index contributed by atoms with van der Waals surface area (Å²) in [6, 6.07) is 16.1. The number of carbonyl (C=O) groups excluding carboxylic acids is 1. The Hall–Kier alpha value is -2.30. The topological polar surface area (TPSA) is 38.8 Å². The summed E-state index contributed by atoms with van der Waals surface area (Å²) in [5, 5.41) is 0. The van der Waals surface area contributed by atoms with E-state index in [4.69, 9.17) is 9.47 Å². The SMILES string of the molecule is COC(=O)c1cccc(/C=C2/CC[C@@H](CN(C)C)[C@@H](c3cccc(OC)c3)C2)c1.Cl. The number of hydrogen-bond acceptors (Lipinski definition) is 4. The zero-order valence-corrected chi connectivity index (χ0v) is 19.1. The summed E-state index contributed by atoms with van der Waals surface area (Å²) in [4.78, 5) is 14.1. The number of methoxy groups -OCH3 is 2. The van der Waals surface area contributed by atoms with Gasteiger partial charge in [-0.15, -0.1) is 12.4 Å². The Kier molecular flexibility index (Phi) is 8.94. The second-order valence-electron chi connectivity index (χ2n) is 8.07. The highest BCUT2D eigenvalue weighted by Crippen LogP contribution is 2.42. The molecule has 1 fully saturated rings. The summed E-state index contributed by atoms with van der Waals surface area (Å²) in [5.41, 5.74) is 4.41. The van der Waals surface area contributed by atoms with Crippen LogP contribution in [0.2, 0.25) is 0 Å². The van der Waals surface area contributed by atoms with Crippen molar-refractivity contribution in [1.82, 2.24) is 4.90 Å². The van der Waals surface area contributed by atoms with E-state index in [0.29, 0.717) is 17.4 Å². The van der Waals surface area contributed by atoms with Crippen molar-refractivity contribution in [2.75, 3.05) is 34.9 Å². The molecule has 162 valence electrons. The Labute approximate surface area is 186 Å². The fourth-order valence-electron chi connectivity index (χ4n) is 4.31. The fraction of sp³-hybridized carbons (Fsp3) is 0.400. The van der Waals surface area contributed by atoms with Crippen LogP contribution in [0.4, 0.5) is 0 Å². The van der Waals surface area contributed by atoms with E-state index in [1.165, 1.54) is 18.2 Å². The number of rotatable bonds is 6. The van der Waals surface area contributed by atoms with Gasteiger partial charge < -0.3 is 14.4 Å². The molecule has 2 aromatic carbocycles. The predicted molar refractivity (Wildman–Crippen MR) is 125 cm³/mol. The summed E-state index contributed by atoms with van der Waals surface area (Å²) >= 11 is 0. The monoisotopic (exact) mass is 429 g/mol. The largest absolute Gasteiger partial charge is 0.497 e. The van der Waals surface area contributed by atoms with Crippen molar-refractivity contribution >= 4 is 24.5 Å². The maximum absolute atomic E-state index is 11.8. The minimum Gasteiger partial charge on any atom is -0.497 e. The van der Waals surface area contributed by atoms with Crippen LogP contribution in [-0.4, -0.2) is 45.7 Å². The van der Waals surface area contributed by atoms with Gasteiger partial charge in [0.05, 0.1) is 19.8 Å². The van der Waals surface area contributed by atoms with Crippen LogP contribution in [0.25, 0.3) is 6.08 Å². The van der Waals surface area contributed by atoms with E-state index >= 15 is 0 Å². The summed E-state index contributed by atoms with van der Waals surface area (Å²) in [5.74, 6) is 1.68. The van der Waals surface area contributed by atoms with Crippen LogP contribution in [0, 0.1) is 5.92 Å². The highest BCUT2D eigenvalue weighted by atomic mass is 35.5. The standard InChI is InChI=1S/C25H31NO3.ClH/c1-26(2)17-22-12-11-19(13-18-7-5-9-21(14-18)25(27)29-4)15-24(22)20-8-6-10-23(16-20)28-3;/h5-10,13-14,16,22,24H,11-12,15,17H2,1-4H3;1H/b19-13-;/t22-,24+;/m0./s1. The van der Waals surface area contributed by atoms with E-state index in [1.807, 2.05) is 24.3 Å². The summed E-state index contributed by atoms with van der Waals surface area (Å²) in [6.07, 6.45) is 5.50. The lowest BCUT2D eigenvalue weighted by atomic mass is 9.73. The zero-order valence-electron chi connectivity index (χ0n) is 18.3. The number of hydrogen-bond donors (Lipinski definition) is 0. The Balaban J connectivity index is 0.00000320. The zero-order chi connectivity index (χ0) is 20.8. The molecule has 1 aliphatic carbocycles. The number of ether oxygens (including phenoxy) is 2. The van der Waals surface area contributed by atoms with Crippen molar-refractivity contribution in [1.29, 1.82) is 0 Å². The van der Waals surface area contributed by atoms with Crippen LogP contribution in [0.1, 0.15) is 46.7 Å². The second-order valence-corrected chi connectivity index (χ2v) is 8.07. The molecule has 0 unspecified atom stereocenters. The number of allylic oxidation sites excluding steroid dienone is 1. The molecule has 0 N–H and O–H groups in total. The molecule has 2 aromatic rings. The summed E-state index contributed by atoms with van der Waals surface area (Å²) in [6.45, 7) is 1.08. The maximum atomic E-state index is 11.8. The lowest BCUT2D eigenvalue weighted by Crippen LogP contribution is -2.29. The van der Waals surface area contributed by atoms with Gasteiger partial charge in [0.1, 0.15) is 5.75 Å². The third-order valence-electron chi connectivity index (χ3n) is 5.69. The first-order chi connectivity index (χ1) is 14.0. The lowest BCUT2D eigenvalue weighted by Gasteiger charge is -2.35. The average Bonchev–Trinajstić information content (AvgIpc) is 2.74. The van der Waals surface area contributed by atoms with Crippen molar-refractivity contribution in [2.45, 2.75) is 25.2 Å². The minimum absolute atomic E-state index is 0. The number of carbonyl (C=O) groups is 1. The van der Waals surface area contributed by atoms with Crippen molar-refractivity contribution in [3.05, 3.63) is 70.8 Å². The number of benzene rings is 2. The highest BCUT2D eigenvalue weighted by Gasteiger charge is 2.29. The van der Waals surface area contributed by atoms with Crippen LogP contribution in [0.3, 0.4) is 0 Å². The first-order valence-electron chi connectivity index (χ1n) is 10.2. The van der Waals surface area contributed by atoms with Gasteiger partial charge in [-0.2, -0.15) is 0 Å². The van der Waals surface area contributed by atoms with E-state index in [9.17, 15) is 4.79 Å². The molecule has 0 heterocycles. The molecule has 0 aromatic heterocycles. The summed E-state index contributed by atoms with van der Waals surface area (Å²) < 4.78 is 10.3. The lowest BCUT2D eigenvalue weighted by molar-refractivity contribution is 0.0600. The second kappa shape index (κ2) is 11.2.